The van der Waals surface area contributed by atoms with Crippen LogP contribution < -0.4 is 22.5 Å². The molecule has 2 aliphatic rings. The van der Waals surface area contributed by atoms with Crippen molar-refractivity contribution in [3.8, 4) is 0 Å². The summed E-state index contributed by atoms with van der Waals surface area (Å²) in [5, 5.41) is 25.2. The molecule has 0 aliphatic carbocycles. The number of hydrogen-bond donors (Lipinski definition) is 8. The van der Waals surface area contributed by atoms with E-state index in [1.54, 1.807) is 6.92 Å². The molecule has 0 aromatic carbocycles. The number of nitrogens with zero attached hydrogens (tertiary/aromatic N) is 6. The van der Waals surface area contributed by atoms with Gasteiger partial charge < -0.3 is 65.4 Å². The summed E-state index contributed by atoms with van der Waals surface area (Å²) in [5.74, 6) is -1.89. The van der Waals surface area contributed by atoms with Gasteiger partial charge in [-0.3, -0.25) is 27.5 Å². The van der Waals surface area contributed by atoms with Gasteiger partial charge in [-0.05, 0) is 19.4 Å². The molecular formula is C31H45N9O18P2. The number of carbonyl (C=O) groups is 2. The molecule has 0 radical (unpaired) electrons. The number of phosphoric acid groups is 2. The quantitative estimate of drug-likeness (QED) is 0.0319. The predicted molar refractivity (Wildman–Crippen MR) is 200 cm³/mol. The fraction of sp³-hybridized carbons (Fsp3) is 0.581. The highest BCUT2D eigenvalue weighted by Gasteiger charge is 2.52. The van der Waals surface area contributed by atoms with E-state index < -0.39 is 108 Å². The predicted octanol–water partition coefficient (Wildman–Crippen LogP) is -2.21. The van der Waals surface area contributed by atoms with Crippen molar-refractivity contribution < 1.29 is 80.9 Å². The van der Waals surface area contributed by atoms with E-state index in [2.05, 4.69) is 36.4 Å². The summed E-state index contributed by atoms with van der Waals surface area (Å²) in [5.41, 5.74) is 10.6. The van der Waals surface area contributed by atoms with Crippen LogP contribution in [0.4, 0.5) is 11.6 Å². The molecule has 3 aromatic heterocycles. The third-order valence-electron chi connectivity index (χ3n) is 8.96. The molecule has 2 saturated heterocycles. The van der Waals surface area contributed by atoms with Gasteiger partial charge in [-0.25, -0.2) is 33.7 Å². The van der Waals surface area contributed by atoms with Gasteiger partial charge in [-0.15, -0.1) is 6.58 Å². The molecule has 0 spiro atoms. The SMILES string of the molecule is C=CCCC(=O)N[C@@H](COC[C@@H](C)OC)C(=O)O[C@H]1[C@@H](O)[C@H](n2cnc3c(N)ncnc32)O[C@@H]1COP(=O)(O)O[C@H]1[C@@H](O)[C@H](n2ccc(N)nc2=O)O[C@@H]1COP(=O)(O)O. The summed E-state index contributed by atoms with van der Waals surface area (Å²) in [4.78, 5) is 84.1. The van der Waals surface area contributed by atoms with Crippen LogP contribution in [0.15, 0.2) is 42.4 Å². The second-order valence-electron chi connectivity index (χ2n) is 13.3. The van der Waals surface area contributed by atoms with Crippen LogP contribution in [0.25, 0.3) is 11.2 Å². The Morgan fingerprint density at radius 3 is 2.35 bits per heavy atom. The monoisotopic (exact) mass is 893 g/mol. The Morgan fingerprint density at radius 1 is 1.02 bits per heavy atom. The first-order valence-corrected chi connectivity index (χ1v) is 20.9. The third kappa shape index (κ3) is 11.7. The van der Waals surface area contributed by atoms with Crippen molar-refractivity contribution in [2.45, 2.75) is 81.0 Å². The largest absolute Gasteiger partial charge is 0.472 e. The zero-order valence-electron chi connectivity index (χ0n) is 31.9. The summed E-state index contributed by atoms with van der Waals surface area (Å²) in [6.45, 7) is 2.87. The van der Waals surface area contributed by atoms with Crippen LogP contribution in [0.1, 0.15) is 32.2 Å². The van der Waals surface area contributed by atoms with Gasteiger partial charge >= 0.3 is 27.3 Å². The maximum atomic E-state index is 13.7. The Hall–Kier alpha value is -4.31. The Balaban J connectivity index is 1.39. The molecule has 1 amide bonds. The van der Waals surface area contributed by atoms with E-state index in [-0.39, 0.29) is 48.4 Å². The number of nitrogens with one attached hydrogen (secondary N) is 1. The van der Waals surface area contributed by atoms with Crippen LogP contribution in [-0.2, 0) is 56.0 Å². The highest BCUT2D eigenvalue weighted by Crippen LogP contribution is 2.50. The molecule has 332 valence electrons. The molecule has 5 rings (SSSR count). The maximum absolute atomic E-state index is 13.7. The highest BCUT2D eigenvalue weighted by atomic mass is 31.2. The molecule has 0 bridgehead atoms. The van der Waals surface area contributed by atoms with Crippen molar-refractivity contribution in [2.24, 2.45) is 0 Å². The first-order valence-electron chi connectivity index (χ1n) is 17.8. The van der Waals surface area contributed by atoms with Crippen LogP contribution in [0, 0.1) is 0 Å². The first-order chi connectivity index (χ1) is 28.3. The van der Waals surface area contributed by atoms with Crippen molar-refractivity contribution in [3.05, 3.63) is 48.1 Å². The highest BCUT2D eigenvalue weighted by molar-refractivity contribution is 7.47. The van der Waals surface area contributed by atoms with Gasteiger partial charge in [-0.2, -0.15) is 4.98 Å². The van der Waals surface area contributed by atoms with E-state index >= 15 is 0 Å². The summed E-state index contributed by atoms with van der Waals surface area (Å²) in [6, 6.07) is -0.275. The van der Waals surface area contributed by atoms with E-state index in [0.29, 0.717) is 0 Å². The van der Waals surface area contributed by atoms with Crippen molar-refractivity contribution in [2.75, 3.05) is 45.0 Å². The molecule has 5 heterocycles. The Labute approximate surface area is 339 Å². The van der Waals surface area contributed by atoms with Crippen LogP contribution in [0.3, 0.4) is 0 Å². The zero-order valence-corrected chi connectivity index (χ0v) is 33.7. The van der Waals surface area contributed by atoms with Crippen molar-refractivity contribution >= 4 is 50.3 Å². The van der Waals surface area contributed by atoms with E-state index in [1.165, 1.54) is 30.1 Å². The van der Waals surface area contributed by atoms with Gasteiger partial charge in [0.15, 0.2) is 36.1 Å². The fourth-order valence-corrected chi connectivity index (χ4v) is 7.25. The number of allylic oxidation sites excluding steroid dienone is 1. The van der Waals surface area contributed by atoms with Crippen LogP contribution in [0.2, 0.25) is 0 Å². The lowest BCUT2D eigenvalue weighted by atomic mass is 10.1. The third-order valence-corrected chi connectivity index (χ3v) is 10.4. The summed E-state index contributed by atoms with van der Waals surface area (Å²) >= 11 is 0. The molecule has 1 unspecified atom stereocenters. The van der Waals surface area contributed by atoms with E-state index in [9.17, 15) is 48.4 Å². The number of aliphatic hydroxyl groups is 2. The fourth-order valence-electron chi connectivity index (χ4n) is 5.95. The van der Waals surface area contributed by atoms with Crippen LogP contribution in [0.5, 0.6) is 0 Å². The second kappa shape index (κ2) is 20.0. The molecule has 11 atom stereocenters. The summed E-state index contributed by atoms with van der Waals surface area (Å²) in [6.07, 6.45) is -9.23. The van der Waals surface area contributed by atoms with E-state index in [4.69, 9.17) is 44.2 Å². The number of amides is 1. The Kier molecular flexibility index (Phi) is 15.6. The molecule has 27 nitrogen and oxygen atoms in total. The van der Waals surface area contributed by atoms with E-state index in [1.807, 2.05) is 0 Å². The van der Waals surface area contributed by atoms with Gasteiger partial charge in [0, 0.05) is 19.7 Å². The minimum Gasteiger partial charge on any atom is -0.455 e. The zero-order chi connectivity index (χ0) is 43.9. The normalized spacial score (nSPS) is 26.4. The lowest BCUT2D eigenvalue weighted by Crippen LogP contribution is -2.49. The molecule has 2 aliphatic heterocycles. The number of phosphoric ester groups is 2. The Morgan fingerprint density at radius 2 is 1.68 bits per heavy atom. The number of ether oxygens (including phenoxy) is 5. The summed E-state index contributed by atoms with van der Waals surface area (Å²) in [7, 11) is -9.15. The molecule has 29 heteroatoms. The number of anilines is 2. The average Bonchev–Trinajstić information content (AvgIpc) is 3.84. The topological polar surface area (TPSA) is 386 Å². The van der Waals surface area contributed by atoms with Gasteiger partial charge in [-0.1, -0.05) is 6.08 Å². The standard InChI is InChI=1S/C31H45N9O18P2/c1-4-5-6-20(41)37-16(10-52-9-15(2)51-3)30(44)57-24-17(55-29(22(24)42)40-14-36-21-26(33)34-13-35-27(21)40)12-54-60(49,50)58-25-18(11-53-59(46,47)48)56-28(23(25)43)39-8-7-19(32)38-31(39)45/h4,7-8,13-18,22-25,28-29,42-43H,1,5-6,9-12H2,2-3H3,(H,37,41)(H,49,50)(H2,32,38,45)(H2,33,34,35)(H2,46,47,48)/t15-,16+,17-,18-,22-,23-,24-,25-,28-,29-/m1/s1. The molecule has 60 heavy (non-hydrogen) atoms. The molecule has 3 aromatic rings. The number of imidazole rings is 1. The van der Waals surface area contributed by atoms with Gasteiger partial charge in [0.25, 0.3) is 0 Å². The molecule has 0 saturated carbocycles. The average molecular weight is 894 g/mol. The Bertz CT molecular complexity index is 2140. The van der Waals surface area contributed by atoms with Crippen molar-refractivity contribution in [1.29, 1.82) is 0 Å². The number of nitrogens with two attached hydrogens (primary N) is 2. The van der Waals surface area contributed by atoms with Gasteiger partial charge in [0.05, 0.1) is 38.9 Å². The minimum absolute atomic E-state index is 0.0162. The molecule has 2 fully saturated rings. The second-order valence-corrected chi connectivity index (χ2v) is 15.9. The number of rotatable bonds is 21. The molecular weight excluding hydrogens is 848 g/mol. The van der Waals surface area contributed by atoms with Crippen molar-refractivity contribution in [1.82, 2.24) is 34.4 Å². The number of esters is 1. The number of methoxy groups -OCH3 is 1. The van der Waals surface area contributed by atoms with Crippen LogP contribution >= 0.6 is 15.6 Å². The smallest absolute Gasteiger partial charge is 0.455 e. The number of aromatic nitrogens is 6. The summed E-state index contributed by atoms with van der Waals surface area (Å²) < 4.78 is 69.9. The number of aliphatic hydroxyl groups excluding tert-OH is 2. The maximum Gasteiger partial charge on any atom is 0.472 e. The lowest BCUT2D eigenvalue weighted by Gasteiger charge is -2.26. The van der Waals surface area contributed by atoms with Crippen molar-refractivity contribution in [3.63, 3.8) is 0 Å². The minimum atomic E-state index is -5.42. The lowest BCUT2D eigenvalue weighted by molar-refractivity contribution is -0.162. The molecule has 10 N–H and O–H groups in total. The number of fused-ring (bicyclic) bond motifs is 1. The first kappa shape index (κ1) is 46.8. The number of nitrogen functional groups attached to an aromatic ring is 2. The van der Waals surface area contributed by atoms with Gasteiger partial charge in [0.2, 0.25) is 5.91 Å². The van der Waals surface area contributed by atoms with E-state index in [0.717, 1.165) is 17.1 Å². The van der Waals surface area contributed by atoms with Gasteiger partial charge in [0.1, 0.15) is 48.2 Å². The number of hydrogen-bond acceptors (Lipinski definition) is 21. The number of carbonyl (C=O) groups excluding carboxylic acids is 2. The van der Waals surface area contributed by atoms with Crippen LogP contribution in [-0.4, -0.2) is 148 Å².